The number of aliphatic imine (C=N–C) groups is 1. The van der Waals surface area contributed by atoms with E-state index in [-0.39, 0.29) is 0 Å². The van der Waals surface area contributed by atoms with Crippen molar-refractivity contribution in [2.45, 2.75) is 25.0 Å². The van der Waals surface area contributed by atoms with E-state index in [0.29, 0.717) is 5.82 Å². The molecular weight excluding hydrogens is 374 g/mol. The van der Waals surface area contributed by atoms with E-state index in [1.54, 1.807) is 11.8 Å². The molecule has 1 unspecified atom stereocenters. The highest BCUT2D eigenvalue weighted by Gasteiger charge is 2.25. The van der Waals surface area contributed by atoms with Gasteiger partial charge in [-0.05, 0) is 31.4 Å². The minimum Gasteiger partial charge on any atom is -0.481 e. The Morgan fingerprint density at radius 1 is 1.18 bits per heavy atom. The van der Waals surface area contributed by atoms with Crippen molar-refractivity contribution in [2.24, 2.45) is 4.99 Å². The van der Waals surface area contributed by atoms with Crippen LogP contribution in [0.5, 0.6) is 0 Å². The van der Waals surface area contributed by atoms with Crippen molar-refractivity contribution in [1.29, 1.82) is 0 Å². The lowest BCUT2D eigenvalue weighted by atomic mass is 10.0. The highest BCUT2D eigenvalue weighted by molar-refractivity contribution is 7.98. The molecule has 0 spiro atoms. The third-order valence-corrected chi connectivity index (χ3v) is 4.83. The van der Waals surface area contributed by atoms with Gasteiger partial charge in [0.25, 0.3) is 5.97 Å². The van der Waals surface area contributed by atoms with Crippen molar-refractivity contribution in [3.05, 3.63) is 77.4 Å². The van der Waals surface area contributed by atoms with Crippen molar-refractivity contribution in [1.82, 2.24) is 9.55 Å². The molecule has 1 aliphatic rings. The maximum Gasteiger partial charge on any atom is 0.300 e. The first-order valence-electron chi connectivity index (χ1n) is 8.66. The van der Waals surface area contributed by atoms with Gasteiger partial charge in [-0.3, -0.25) is 9.36 Å². The number of aromatic nitrogens is 2. The standard InChI is InChI=1S/C19H17N3OS.C2H4O2/c1-12-11-22-16-9-8-14(24-2)10-15(16)17(13-6-4-3-5-7-13)21-19(23)18(22)20-12;1-2(3)4/h3-11,19,23H,1-2H3;1H3,(H,3,4). The smallest absolute Gasteiger partial charge is 0.300 e. The average molecular weight is 395 g/mol. The minimum atomic E-state index is -0.987. The zero-order chi connectivity index (χ0) is 20.3. The maximum absolute atomic E-state index is 10.6. The number of carboxylic acid groups (broad SMARTS) is 1. The van der Waals surface area contributed by atoms with Gasteiger partial charge in [0.15, 0.2) is 5.82 Å². The van der Waals surface area contributed by atoms with E-state index in [9.17, 15) is 5.11 Å². The second kappa shape index (κ2) is 8.41. The number of fused-ring (bicyclic) bond motifs is 3. The number of hydrogen-bond donors (Lipinski definition) is 2. The zero-order valence-electron chi connectivity index (χ0n) is 15.8. The normalized spacial score (nSPS) is 14.7. The van der Waals surface area contributed by atoms with Gasteiger partial charge in [0.2, 0.25) is 6.23 Å². The summed E-state index contributed by atoms with van der Waals surface area (Å²) in [5.41, 5.74) is 4.63. The van der Waals surface area contributed by atoms with E-state index >= 15 is 0 Å². The summed E-state index contributed by atoms with van der Waals surface area (Å²) in [6.45, 7) is 3.01. The Morgan fingerprint density at radius 3 is 2.50 bits per heavy atom. The summed E-state index contributed by atoms with van der Waals surface area (Å²) in [4.78, 5) is 19.2. The number of aliphatic hydroxyl groups is 1. The minimum absolute atomic E-state index is 0.552. The van der Waals surface area contributed by atoms with Crippen LogP contribution >= 0.6 is 11.8 Å². The Labute approximate surface area is 167 Å². The van der Waals surface area contributed by atoms with E-state index in [2.05, 4.69) is 34.4 Å². The summed E-state index contributed by atoms with van der Waals surface area (Å²) in [7, 11) is 0. The molecule has 7 heteroatoms. The van der Waals surface area contributed by atoms with Crippen LogP contribution in [0.2, 0.25) is 0 Å². The molecule has 144 valence electrons. The van der Waals surface area contributed by atoms with E-state index in [0.717, 1.165) is 40.0 Å². The fourth-order valence-corrected chi connectivity index (χ4v) is 3.45. The second-order valence-electron chi connectivity index (χ2n) is 6.23. The third kappa shape index (κ3) is 4.16. The zero-order valence-corrected chi connectivity index (χ0v) is 16.6. The number of thioether (sulfide) groups is 1. The molecule has 0 bridgehead atoms. The Balaban J connectivity index is 0.000000516. The number of carboxylic acids is 1. The molecule has 6 nitrogen and oxygen atoms in total. The number of benzene rings is 2. The molecule has 0 fully saturated rings. The fourth-order valence-electron chi connectivity index (χ4n) is 3.01. The van der Waals surface area contributed by atoms with E-state index in [1.807, 2.05) is 48.0 Å². The molecule has 0 aliphatic carbocycles. The number of carbonyl (C=O) groups is 1. The van der Waals surface area contributed by atoms with Crippen LogP contribution in [0.4, 0.5) is 0 Å². The molecule has 0 saturated heterocycles. The lowest BCUT2D eigenvalue weighted by molar-refractivity contribution is -0.134. The summed E-state index contributed by atoms with van der Waals surface area (Å²) in [5.74, 6) is -0.281. The highest BCUT2D eigenvalue weighted by Crippen LogP contribution is 2.31. The van der Waals surface area contributed by atoms with Crippen LogP contribution in [-0.4, -0.2) is 37.7 Å². The van der Waals surface area contributed by atoms with E-state index in [1.165, 1.54) is 0 Å². The first-order valence-corrected chi connectivity index (χ1v) is 9.88. The van der Waals surface area contributed by atoms with Gasteiger partial charge in [0, 0.05) is 29.1 Å². The van der Waals surface area contributed by atoms with Crippen LogP contribution in [0.1, 0.15) is 35.8 Å². The number of rotatable bonds is 2. The van der Waals surface area contributed by atoms with Crippen molar-refractivity contribution in [3.8, 4) is 5.69 Å². The molecule has 4 rings (SSSR count). The molecule has 0 saturated carbocycles. The van der Waals surface area contributed by atoms with E-state index in [4.69, 9.17) is 9.90 Å². The van der Waals surface area contributed by atoms with Crippen LogP contribution in [0.3, 0.4) is 0 Å². The molecule has 1 aromatic heterocycles. The van der Waals surface area contributed by atoms with Gasteiger partial charge in [-0.15, -0.1) is 11.8 Å². The fraction of sp³-hybridized carbons (Fsp3) is 0.190. The molecular formula is C21H21N3O3S. The number of aliphatic carboxylic acids is 1. The van der Waals surface area contributed by atoms with Gasteiger partial charge in [-0.2, -0.15) is 0 Å². The lowest BCUT2D eigenvalue weighted by Crippen LogP contribution is -2.07. The number of aliphatic hydroxyl groups excluding tert-OH is 1. The van der Waals surface area contributed by atoms with Crippen LogP contribution in [0.15, 0.2) is 64.6 Å². The predicted octanol–water partition coefficient (Wildman–Crippen LogP) is 3.84. The SMILES string of the molecule is CC(=O)O.CSc1ccc2c(c1)C(c1ccccc1)=NC(O)c1nc(C)cn1-2. The Morgan fingerprint density at radius 2 is 1.86 bits per heavy atom. The Hall–Kier alpha value is -2.90. The van der Waals surface area contributed by atoms with E-state index < -0.39 is 12.2 Å². The first-order chi connectivity index (χ1) is 13.4. The topological polar surface area (TPSA) is 87.7 Å². The molecule has 0 amide bonds. The number of hydrogen-bond acceptors (Lipinski definition) is 5. The van der Waals surface area contributed by atoms with Crippen molar-refractivity contribution < 1.29 is 15.0 Å². The van der Waals surface area contributed by atoms with Crippen LogP contribution < -0.4 is 0 Å². The maximum atomic E-state index is 10.6. The summed E-state index contributed by atoms with van der Waals surface area (Å²) in [6, 6.07) is 16.3. The largest absolute Gasteiger partial charge is 0.481 e. The predicted molar refractivity (Wildman–Crippen MR) is 110 cm³/mol. The van der Waals surface area contributed by atoms with Gasteiger partial charge in [0.1, 0.15) is 0 Å². The van der Waals surface area contributed by atoms with Gasteiger partial charge in [-0.25, -0.2) is 9.98 Å². The second-order valence-corrected chi connectivity index (χ2v) is 7.11. The molecule has 1 aliphatic heterocycles. The molecule has 2 heterocycles. The first kappa shape index (κ1) is 19.9. The van der Waals surface area contributed by atoms with Gasteiger partial charge >= 0.3 is 0 Å². The molecule has 3 aromatic rings. The highest BCUT2D eigenvalue weighted by atomic mass is 32.2. The number of nitrogens with zero attached hydrogens (tertiary/aromatic N) is 3. The van der Waals surface area contributed by atoms with Crippen LogP contribution in [-0.2, 0) is 4.79 Å². The summed E-state index contributed by atoms with van der Waals surface area (Å²) in [5, 5.41) is 18.0. The number of aryl methyl sites for hydroxylation is 1. The molecule has 28 heavy (non-hydrogen) atoms. The van der Waals surface area contributed by atoms with Gasteiger partial charge < -0.3 is 10.2 Å². The van der Waals surface area contributed by atoms with Gasteiger partial charge in [0.05, 0.1) is 17.1 Å². The summed E-state index contributed by atoms with van der Waals surface area (Å²) >= 11 is 1.69. The third-order valence-electron chi connectivity index (χ3n) is 4.10. The van der Waals surface area contributed by atoms with Gasteiger partial charge in [-0.1, -0.05) is 30.3 Å². The average Bonchev–Trinajstić information content (AvgIpc) is 3.03. The molecule has 0 radical (unpaired) electrons. The van der Waals surface area contributed by atoms with Crippen molar-refractivity contribution >= 4 is 23.4 Å². The quantitative estimate of drug-likeness (QED) is 0.644. The number of imidazole rings is 1. The summed E-state index contributed by atoms with van der Waals surface area (Å²) in [6.07, 6.45) is 3.01. The lowest BCUT2D eigenvalue weighted by Gasteiger charge is -2.13. The van der Waals surface area contributed by atoms with Crippen molar-refractivity contribution in [3.63, 3.8) is 0 Å². The molecule has 1 atom stereocenters. The molecule has 2 aromatic carbocycles. The van der Waals surface area contributed by atoms with Crippen LogP contribution in [0.25, 0.3) is 5.69 Å². The Kier molecular flexibility index (Phi) is 5.96. The van der Waals surface area contributed by atoms with Crippen LogP contribution in [0, 0.1) is 6.92 Å². The van der Waals surface area contributed by atoms with Crippen molar-refractivity contribution in [2.75, 3.05) is 6.26 Å². The molecule has 2 N–H and O–H groups in total. The monoisotopic (exact) mass is 395 g/mol. The Bertz CT molecular complexity index is 1020. The summed E-state index contributed by atoms with van der Waals surface area (Å²) < 4.78 is 1.94.